The van der Waals surface area contributed by atoms with Gasteiger partial charge in [-0.3, -0.25) is 0 Å². The minimum Gasteiger partial charge on any atom is -0.493 e. The monoisotopic (exact) mass is 364 g/mol. The number of hydrogen-bond donors (Lipinski definition) is 2. The van der Waals surface area contributed by atoms with E-state index in [-0.39, 0.29) is 0 Å². The second-order valence-electron chi connectivity index (χ2n) is 8.09. The molecular weight excluding hydrogens is 328 g/mol. The number of ether oxygens (including phenoxy) is 3. The first-order chi connectivity index (χ1) is 12.6. The van der Waals surface area contributed by atoms with Gasteiger partial charge >= 0.3 is 0 Å². The predicted molar refractivity (Wildman–Crippen MR) is 103 cm³/mol. The summed E-state index contributed by atoms with van der Waals surface area (Å²) in [6.07, 6.45) is 5.72. The average molecular weight is 365 g/mol. The number of quaternary nitrogens is 2. The molecule has 5 nitrogen and oxygen atoms in total. The Bertz CT molecular complexity index is 560. The molecule has 0 spiro atoms. The van der Waals surface area contributed by atoms with Crippen molar-refractivity contribution in [2.45, 2.75) is 45.2 Å². The lowest BCUT2D eigenvalue weighted by atomic mass is 9.86. The molecule has 1 aromatic carbocycles. The maximum Gasteiger partial charge on any atom is 0.203 e. The molecule has 26 heavy (non-hydrogen) atoms. The molecule has 2 N–H and O–H groups in total. The third kappa shape index (κ3) is 4.44. The van der Waals surface area contributed by atoms with E-state index in [0.29, 0.717) is 5.75 Å². The first-order valence-corrected chi connectivity index (χ1v) is 10.1. The van der Waals surface area contributed by atoms with E-state index >= 15 is 0 Å². The van der Waals surface area contributed by atoms with Gasteiger partial charge in [-0.1, -0.05) is 13.3 Å². The van der Waals surface area contributed by atoms with Gasteiger partial charge in [0.15, 0.2) is 11.5 Å². The van der Waals surface area contributed by atoms with E-state index in [4.69, 9.17) is 14.2 Å². The Kier molecular flexibility index (Phi) is 6.65. The summed E-state index contributed by atoms with van der Waals surface area (Å²) in [5.41, 5.74) is 1.25. The van der Waals surface area contributed by atoms with Crippen molar-refractivity contribution in [1.29, 1.82) is 0 Å². The minimum atomic E-state index is 0.675. The quantitative estimate of drug-likeness (QED) is 0.775. The van der Waals surface area contributed by atoms with Gasteiger partial charge in [0.2, 0.25) is 5.75 Å². The lowest BCUT2D eigenvalue weighted by Crippen LogP contribution is -3.29. The van der Waals surface area contributed by atoms with Crippen molar-refractivity contribution in [2.75, 3.05) is 47.5 Å². The molecule has 2 aliphatic rings. The molecule has 0 radical (unpaired) electrons. The molecule has 3 rings (SSSR count). The topological polar surface area (TPSA) is 36.6 Å². The van der Waals surface area contributed by atoms with E-state index in [2.05, 4.69) is 19.1 Å². The van der Waals surface area contributed by atoms with Crippen LogP contribution >= 0.6 is 0 Å². The highest BCUT2D eigenvalue weighted by Crippen LogP contribution is 2.37. The molecule has 1 aromatic rings. The third-order valence-corrected chi connectivity index (χ3v) is 6.29. The van der Waals surface area contributed by atoms with Gasteiger partial charge in [0.1, 0.15) is 32.7 Å². The summed E-state index contributed by atoms with van der Waals surface area (Å²) in [7, 11) is 5.02. The molecule has 0 amide bonds. The van der Waals surface area contributed by atoms with Gasteiger partial charge in [-0.2, -0.15) is 0 Å². The first kappa shape index (κ1) is 19.3. The molecule has 1 aliphatic heterocycles. The molecule has 0 aromatic heterocycles. The van der Waals surface area contributed by atoms with E-state index in [1.807, 2.05) is 4.90 Å². The van der Waals surface area contributed by atoms with E-state index in [1.165, 1.54) is 57.4 Å². The van der Waals surface area contributed by atoms with Gasteiger partial charge in [0.05, 0.1) is 27.4 Å². The van der Waals surface area contributed by atoms with Gasteiger partial charge < -0.3 is 24.0 Å². The van der Waals surface area contributed by atoms with Crippen LogP contribution in [0.4, 0.5) is 0 Å². The Balaban J connectivity index is 1.59. The number of nitrogens with one attached hydrogen (secondary N) is 2. The largest absolute Gasteiger partial charge is 0.493 e. The molecule has 2 fully saturated rings. The predicted octanol–water partition coefficient (Wildman–Crippen LogP) is 0.575. The number of piperazine rings is 1. The van der Waals surface area contributed by atoms with Crippen molar-refractivity contribution in [3.63, 3.8) is 0 Å². The van der Waals surface area contributed by atoms with E-state index < -0.39 is 0 Å². The number of hydrogen-bond acceptors (Lipinski definition) is 3. The summed E-state index contributed by atoms with van der Waals surface area (Å²) in [6, 6.07) is 5.09. The smallest absolute Gasteiger partial charge is 0.203 e. The van der Waals surface area contributed by atoms with Crippen molar-refractivity contribution in [3.05, 3.63) is 17.7 Å². The van der Waals surface area contributed by atoms with Crippen LogP contribution in [-0.2, 0) is 6.54 Å². The van der Waals surface area contributed by atoms with Crippen molar-refractivity contribution in [3.8, 4) is 17.2 Å². The standard InChI is InChI=1S/C21H34N2O3/c1-16-6-5-7-18(12-16)23-10-8-22(9-11-23)15-17-13-19(24-2)21(26-4)20(14-17)25-3/h13-14,16,18H,5-12,15H2,1-4H3/p+2. The maximum absolute atomic E-state index is 5.50. The second kappa shape index (κ2) is 8.96. The minimum absolute atomic E-state index is 0.675. The van der Waals surface area contributed by atoms with E-state index in [9.17, 15) is 0 Å². The Morgan fingerprint density at radius 1 is 0.923 bits per heavy atom. The highest BCUT2D eigenvalue weighted by Gasteiger charge is 2.32. The van der Waals surface area contributed by atoms with Crippen molar-refractivity contribution in [1.82, 2.24) is 0 Å². The fraction of sp³-hybridized carbons (Fsp3) is 0.714. The fourth-order valence-corrected chi connectivity index (χ4v) is 4.84. The highest BCUT2D eigenvalue weighted by molar-refractivity contribution is 5.53. The lowest BCUT2D eigenvalue weighted by Gasteiger charge is -2.37. The molecule has 1 heterocycles. The summed E-state index contributed by atoms with van der Waals surface area (Å²) >= 11 is 0. The SMILES string of the molecule is COc1cc(C[NH+]2CC[NH+](C3CCCC(C)C3)CC2)cc(OC)c1OC. The van der Waals surface area contributed by atoms with Crippen LogP contribution in [0.1, 0.15) is 38.2 Å². The van der Waals surface area contributed by atoms with Crippen LogP contribution in [0, 0.1) is 5.92 Å². The van der Waals surface area contributed by atoms with Gasteiger partial charge in [-0.15, -0.1) is 0 Å². The van der Waals surface area contributed by atoms with Crippen LogP contribution in [-0.4, -0.2) is 53.6 Å². The Morgan fingerprint density at radius 2 is 1.58 bits per heavy atom. The van der Waals surface area contributed by atoms with Crippen LogP contribution in [0.3, 0.4) is 0 Å². The van der Waals surface area contributed by atoms with Crippen molar-refractivity contribution < 1.29 is 24.0 Å². The molecule has 146 valence electrons. The maximum atomic E-state index is 5.50. The van der Waals surface area contributed by atoms with E-state index in [0.717, 1.165) is 30.0 Å². The number of rotatable bonds is 6. The van der Waals surface area contributed by atoms with Crippen LogP contribution in [0.2, 0.25) is 0 Å². The number of benzene rings is 1. The van der Waals surface area contributed by atoms with Crippen LogP contribution in [0.25, 0.3) is 0 Å². The average Bonchev–Trinajstić information content (AvgIpc) is 2.67. The van der Waals surface area contributed by atoms with Crippen molar-refractivity contribution in [2.24, 2.45) is 5.92 Å². The summed E-state index contributed by atoms with van der Waals surface area (Å²) in [5.74, 6) is 3.10. The molecule has 1 aliphatic carbocycles. The molecule has 2 unspecified atom stereocenters. The van der Waals surface area contributed by atoms with Gasteiger partial charge in [0, 0.05) is 12.0 Å². The summed E-state index contributed by atoms with van der Waals surface area (Å²) in [5, 5.41) is 0. The molecule has 0 bridgehead atoms. The Labute approximate surface area is 158 Å². The summed E-state index contributed by atoms with van der Waals surface area (Å²) in [4.78, 5) is 3.51. The Morgan fingerprint density at radius 3 is 2.12 bits per heavy atom. The second-order valence-corrected chi connectivity index (χ2v) is 8.09. The normalized spacial score (nSPS) is 29.2. The van der Waals surface area contributed by atoms with Crippen LogP contribution < -0.4 is 24.0 Å². The van der Waals surface area contributed by atoms with Crippen LogP contribution in [0.5, 0.6) is 17.2 Å². The first-order valence-electron chi connectivity index (χ1n) is 10.1. The highest BCUT2D eigenvalue weighted by atomic mass is 16.5. The van der Waals surface area contributed by atoms with Crippen LogP contribution in [0.15, 0.2) is 12.1 Å². The van der Waals surface area contributed by atoms with Gasteiger partial charge in [-0.05, 0) is 30.9 Å². The summed E-state index contributed by atoms with van der Waals surface area (Å²) in [6.45, 7) is 8.55. The third-order valence-electron chi connectivity index (χ3n) is 6.29. The zero-order valence-corrected chi connectivity index (χ0v) is 16.9. The number of methoxy groups -OCH3 is 3. The van der Waals surface area contributed by atoms with E-state index in [1.54, 1.807) is 26.2 Å². The lowest BCUT2D eigenvalue weighted by molar-refractivity contribution is -1.03. The molecular formula is C21H36N2O3+2. The zero-order valence-electron chi connectivity index (χ0n) is 16.9. The van der Waals surface area contributed by atoms with Crippen molar-refractivity contribution >= 4 is 0 Å². The van der Waals surface area contributed by atoms with Gasteiger partial charge in [0.25, 0.3) is 0 Å². The Hall–Kier alpha value is -1.46. The zero-order chi connectivity index (χ0) is 18.5. The van der Waals surface area contributed by atoms with Gasteiger partial charge in [-0.25, -0.2) is 0 Å². The fourth-order valence-electron chi connectivity index (χ4n) is 4.84. The molecule has 5 heteroatoms. The molecule has 1 saturated heterocycles. The molecule has 1 saturated carbocycles. The molecule has 2 atom stereocenters. The summed E-state index contributed by atoms with van der Waals surface area (Å²) < 4.78 is 16.4.